The number of halogens is 1. The smallest absolute Gasteiger partial charge is 0.251 e. The molecule has 0 bridgehead atoms. The Labute approximate surface area is 154 Å². The Morgan fingerprint density at radius 3 is 2.62 bits per heavy atom. The van der Waals surface area contributed by atoms with Gasteiger partial charge in [0.25, 0.3) is 5.91 Å². The van der Waals surface area contributed by atoms with Crippen LogP contribution >= 0.6 is 0 Å². The fourth-order valence-electron chi connectivity index (χ4n) is 2.46. The van der Waals surface area contributed by atoms with Crippen LogP contribution in [0.5, 0.6) is 11.5 Å². The maximum atomic E-state index is 13.4. The molecule has 0 aliphatic carbocycles. The second kappa shape index (κ2) is 9.22. The highest BCUT2D eigenvalue weighted by Crippen LogP contribution is 2.28. The van der Waals surface area contributed by atoms with E-state index in [1.54, 1.807) is 20.1 Å². The molecule has 1 N–H and O–H groups in total. The van der Waals surface area contributed by atoms with Crippen molar-refractivity contribution in [2.75, 3.05) is 13.7 Å². The summed E-state index contributed by atoms with van der Waals surface area (Å²) in [6.07, 6.45) is 0.966. The molecule has 0 unspecified atom stereocenters. The molecule has 2 aromatic carbocycles. The standard InChI is InChI=1S/C21H26FNO3/c1-14(2)9-10-26-19-8-6-16(11-20(19)25-4)13-23-21(24)18-12-17(22)7-5-15(18)3/h5-8,11-12,14H,9-10,13H2,1-4H3,(H,23,24). The first-order valence-corrected chi connectivity index (χ1v) is 8.74. The van der Waals surface area contributed by atoms with Gasteiger partial charge in [-0.15, -0.1) is 0 Å². The largest absolute Gasteiger partial charge is 0.493 e. The highest BCUT2D eigenvalue weighted by Gasteiger charge is 2.11. The second-order valence-corrected chi connectivity index (χ2v) is 6.66. The second-order valence-electron chi connectivity index (χ2n) is 6.66. The Bertz CT molecular complexity index is 759. The molecule has 1 amide bonds. The summed E-state index contributed by atoms with van der Waals surface area (Å²) >= 11 is 0. The fraction of sp³-hybridized carbons (Fsp3) is 0.381. The van der Waals surface area contributed by atoms with E-state index >= 15 is 0 Å². The van der Waals surface area contributed by atoms with Crippen molar-refractivity contribution < 1.29 is 18.7 Å². The minimum atomic E-state index is -0.426. The molecule has 0 aliphatic heterocycles. The molecule has 5 heteroatoms. The van der Waals surface area contributed by atoms with Gasteiger partial charge in [0.05, 0.1) is 13.7 Å². The van der Waals surface area contributed by atoms with E-state index in [1.807, 2.05) is 18.2 Å². The van der Waals surface area contributed by atoms with Gasteiger partial charge in [-0.05, 0) is 54.7 Å². The molecule has 0 radical (unpaired) electrons. The van der Waals surface area contributed by atoms with Gasteiger partial charge in [0, 0.05) is 12.1 Å². The van der Waals surface area contributed by atoms with Crippen LogP contribution in [0.3, 0.4) is 0 Å². The van der Waals surface area contributed by atoms with E-state index in [-0.39, 0.29) is 5.91 Å². The molecule has 0 atom stereocenters. The average molecular weight is 359 g/mol. The van der Waals surface area contributed by atoms with Crippen molar-refractivity contribution in [1.82, 2.24) is 5.32 Å². The molecule has 4 nitrogen and oxygen atoms in total. The fourth-order valence-corrected chi connectivity index (χ4v) is 2.46. The van der Waals surface area contributed by atoms with Gasteiger partial charge in [-0.2, -0.15) is 0 Å². The summed E-state index contributed by atoms with van der Waals surface area (Å²) in [5, 5.41) is 2.81. The number of amides is 1. The zero-order valence-corrected chi connectivity index (χ0v) is 15.8. The maximum absolute atomic E-state index is 13.4. The Hall–Kier alpha value is -2.56. The van der Waals surface area contributed by atoms with Crippen LogP contribution in [0, 0.1) is 18.7 Å². The molecule has 0 heterocycles. The molecular weight excluding hydrogens is 333 g/mol. The molecule has 0 saturated heterocycles. The van der Waals surface area contributed by atoms with E-state index in [9.17, 15) is 9.18 Å². The average Bonchev–Trinajstić information content (AvgIpc) is 2.62. The van der Waals surface area contributed by atoms with E-state index in [0.29, 0.717) is 36.1 Å². The molecule has 0 aliphatic rings. The summed E-state index contributed by atoms with van der Waals surface area (Å²) < 4.78 is 24.5. The zero-order valence-electron chi connectivity index (χ0n) is 15.8. The first-order valence-electron chi connectivity index (χ1n) is 8.74. The molecule has 26 heavy (non-hydrogen) atoms. The molecular formula is C21H26FNO3. The van der Waals surface area contributed by atoms with Crippen LogP contribution in [0.4, 0.5) is 4.39 Å². The number of hydrogen-bond donors (Lipinski definition) is 1. The number of carbonyl (C=O) groups is 1. The Morgan fingerprint density at radius 1 is 1.15 bits per heavy atom. The van der Waals surface area contributed by atoms with E-state index in [4.69, 9.17) is 9.47 Å². The van der Waals surface area contributed by atoms with Crippen molar-refractivity contribution in [3.8, 4) is 11.5 Å². The van der Waals surface area contributed by atoms with Crippen molar-refractivity contribution >= 4 is 5.91 Å². The molecule has 0 fully saturated rings. The quantitative estimate of drug-likeness (QED) is 0.755. The summed E-state index contributed by atoms with van der Waals surface area (Å²) in [6.45, 7) is 7.01. The van der Waals surface area contributed by atoms with Gasteiger partial charge in [0.15, 0.2) is 11.5 Å². The van der Waals surface area contributed by atoms with Crippen molar-refractivity contribution in [2.24, 2.45) is 5.92 Å². The lowest BCUT2D eigenvalue weighted by molar-refractivity contribution is 0.0950. The van der Waals surface area contributed by atoms with Crippen LogP contribution in [-0.4, -0.2) is 19.6 Å². The van der Waals surface area contributed by atoms with Gasteiger partial charge in [-0.1, -0.05) is 26.0 Å². The number of methoxy groups -OCH3 is 1. The van der Waals surface area contributed by atoms with E-state index < -0.39 is 5.82 Å². The van der Waals surface area contributed by atoms with Crippen molar-refractivity contribution in [3.63, 3.8) is 0 Å². The van der Waals surface area contributed by atoms with Crippen molar-refractivity contribution in [2.45, 2.75) is 33.7 Å². The van der Waals surface area contributed by atoms with Gasteiger partial charge in [0.1, 0.15) is 5.82 Å². The number of rotatable bonds is 8. The number of ether oxygens (including phenoxy) is 2. The Balaban J connectivity index is 2.01. The number of nitrogens with one attached hydrogen (secondary N) is 1. The number of carbonyl (C=O) groups excluding carboxylic acids is 1. The van der Waals surface area contributed by atoms with Crippen molar-refractivity contribution in [3.05, 3.63) is 58.9 Å². The minimum Gasteiger partial charge on any atom is -0.493 e. The van der Waals surface area contributed by atoms with E-state index in [0.717, 1.165) is 17.5 Å². The topological polar surface area (TPSA) is 47.6 Å². The highest BCUT2D eigenvalue weighted by atomic mass is 19.1. The van der Waals surface area contributed by atoms with Gasteiger partial charge in [0.2, 0.25) is 0 Å². The highest BCUT2D eigenvalue weighted by molar-refractivity contribution is 5.95. The van der Waals surface area contributed by atoms with Crippen LogP contribution in [-0.2, 0) is 6.54 Å². The third kappa shape index (κ3) is 5.48. The summed E-state index contributed by atoms with van der Waals surface area (Å²) in [5.41, 5.74) is 1.95. The Kier molecular flexibility index (Phi) is 7.01. The first-order chi connectivity index (χ1) is 12.4. The molecule has 0 saturated carbocycles. The predicted molar refractivity (Wildman–Crippen MR) is 100 cm³/mol. The third-order valence-electron chi connectivity index (χ3n) is 4.08. The van der Waals surface area contributed by atoms with Crippen molar-refractivity contribution in [1.29, 1.82) is 0 Å². The van der Waals surface area contributed by atoms with Gasteiger partial charge in [-0.25, -0.2) is 4.39 Å². The SMILES string of the molecule is COc1cc(CNC(=O)c2cc(F)ccc2C)ccc1OCCC(C)C. The lowest BCUT2D eigenvalue weighted by Gasteiger charge is -2.14. The number of hydrogen-bond acceptors (Lipinski definition) is 3. The Morgan fingerprint density at radius 2 is 1.92 bits per heavy atom. The maximum Gasteiger partial charge on any atom is 0.251 e. The minimum absolute atomic E-state index is 0.307. The summed E-state index contributed by atoms with van der Waals surface area (Å²) in [7, 11) is 1.59. The van der Waals surface area contributed by atoms with Crippen LogP contribution in [0.1, 0.15) is 41.8 Å². The molecule has 0 spiro atoms. The summed E-state index contributed by atoms with van der Waals surface area (Å²) in [4.78, 5) is 12.3. The summed E-state index contributed by atoms with van der Waals surface area (Å²) in [6, 6.07) is 9.74. The first kappa shape index (κ1) is 19.8. The van der Waals surface area contributed by atoms with Crippen LogP contribution in [0.15, 0.2) is 36.4 Å². The number of aryl methyl sites for hydroxylation is 1. The predicted octanol–water partition coefficient (Wildman–Crippen LogP) is 4.50. The van der Waals surface area contributed by atoms with Gasteiger partial charge in [-0.3, -0.25) is 4.79 Å². The molecule has 2 aromatic rings. The normalized spacial score (nSPS) is 10.7. The van der Waals surface area contributed by atoms with Crippen LogP contribution < -0.4 is 14.8 Å². The van der Waals surface area contributed by atoms with Gasteiger partial charge >= 0.3 is 0 Å². The lowest BCUT2D eigenvalue weighted by atomic mass is 10.1. The molecule has 2 rings (SSSR count). The monoisotopic (exact) mass is 359 g/mol. The lowest BCUT2D eigenvalue weighted by Crippen LogP contribution is -2.23. The van der Waals surface area contributed by atoms with E-state index in [2.05, 4.69) is 19.2 Å². The van der Waals surface area contributed by atoms with Crippen LogP contribution in [0.25, 0.3) is 0 Å². The number of benzene rings is 2. The van der Waals surface area contributed by atoms with Crippen LogP contribution in [0.2, 0.25) is 0 Å². The summed E-state index contributed by atoms with van der Waals surface area (Å²) in [5.74, 6) is 1.15. The van der Waals surface area contributed by atoms with E-state index in [1.165, 1.54) is 12.1 Å². The molecule has 0 aromatic heterocycles. The zero-order chi connectivity index (χ0) is 19.1. The molecule has 140 valence electrons. The third-order valence-corrected chi connectivity index (χ3v) is 4.08. The van der Waals surface area contributed by atoms with Gasteiger partial charge < -0.3 is 14.8 Å².